The van der Waals surface area contributed by atoms with Gasteiger partial charge in [0.25, 0.3) is 36.3 Å². The average molecular weight is 700 g/mol. The van der Waals surface area contributed by atoms with Crippen molar-refractivity contribution in [1.82, 2.24) is 0 Å². The maximum absolute atomic E-state index is 13.1. The Balaban J connectivity index is 1.80. The van der Waals surface area contributed by atoms with Gasteiger partial charge in [-0.2, -0.15) is 25.3 Å². The molecule has 0 radical (unpaired) electrons. The molecule has 244 valence electrons. The summed E-state index contributed by atoms with van der Waals surface area (Å²) in [5.41, 5.74) is -1.15. The highest BCUT2D eigenvalue weighted by Gasteiger charge is 2.26. The quantitative estimate of drug-likeness (QED) is 0.0950. The van der Waals surface area contributed by atoms with E-state index in [4.69, 9.17) is 4.18 Å². The number of phenols is 1. The lowest BCUT2D eigenvalue weighted by atomic mass is 10.0. The van der Waals surface area contributed by atoms with Crippen LogP contribution in [0.2, 0.25) is 0 Å². The molecule has 0 heterocycles. The zero-order valence-electron chi connectivity index (χ0n) is 24.5. The van der Waals surface area contributed by atoms with Gasteiger partial charge in [-0.15, -0.1) is 10.2 Å². The second-order valence-electron chi connectivity index (χ2n) is 9.92. The number of azo groups is 1. The molecule has 5 aromatic carbocycles. The highest BCUT2D eigenvalue weighted by atomic mass is 32.2. The molecule has 14 nitrogen and oxygen atoms in total. The average Bonchev–Trinajstić information content (AvgIpc) is 3.03. The van der Waals surface area contributed by atoms with Crippen LogP contribution < -0.4 is 5.32 Å². The highest BCUT2D eigenvalue weighted by molar-refractivity contribution is 7.87. The Morgan fingerprint density at radius 3 is 2.11 bits per heavy atom. The molecule has 0 bridgehead atoms. The Hall–Kier alpha value is -4.78. The fraction of sp³-hybridized carbons (Fsp3) is 0.100. The second kappa shape index (κ2) is 12.8. The normalized spacial score (nSPS) is 12.6. The van der Waals surface area contributed by atoms with E-state index < -0.39 is 58.3 Å². The van der Waals surface area contributed by atoms with Crippen molar-refractivity contribution in [3.63, 3.8) is 0 Å². The lowest BCUT2D eigenvalue weighted by Crippen LogP contribution is -2.13. The SMILES string of the molecule is COS(=O)(=O)c1cc(NC(=O)c2ccccc2)c2c(O)c(N=Nc3ccc4ccccc4c3S(=O)(=O)OC)c(CS(=O)(=O)O)cc2c1. The number of carbonyl (C=O) groups excluding carboxylic acids is 1. The number of amides is 1. The topological polar surface area (TPSA) is 215 Å². The number of benzene rings is 5. The predicted octanol–water partition coefficient (Wildman–Crippen LogP) is 5.42. The summed E-state index contributed by atoms with van der Waals surface area (Å²) in [6, 6.07) is 20.4. The standard InChI is InChI=1S/C30H25N3O11S3/c1-43-46(39,40)22-15-20-14-21(17-45(36,37)38)27(28(34)26(20)25(16-22)31-30(35)19-9-4-3-5-10-19)33-32-24-13-12-18-8-6-7-11-23(18)29(24)47(41,42)44-2/h3-16,34H,17H2,1-2H3,(H,31,35)(H,36,37,38). The molecule has 0 saturated carbocycles. The molecular formula is C30H25N3O11S3. The van der Waals surface area contributed by atoms with E-state index in [1.807, 2.05) is 0 Å². The molecule has 3 N–H and O–H groups in total. The number of aromatic hydroxyl groups is 1. The molecule has 1 amide bonds. The molecule has 0 aliphatic heterocycles. The number of hydrogen-bond donors (Lipinski definition) is 3. The Labute approximate surface area is 269 Å². The number of phenolic OH excluding ortho intramolecular Hbond substituents is 1. The van der Waals surface area contributed by atoms with Crippen molar-refractivity contribution >= 4 is 74.9 Å². The van der Waals surface area contributed by atoms with Gasteiger partial charge in [0, 0.05) is 21.9 Å². The third-order valence-corrected chi connectivity index (χ3v) is 10.2. The Morgan fingerprint density at radius 2 is 1.45 bits per heavy atom. The number of fused-ring (bicyclic) bond motifs is 2. The summed E-state index contributed by atoms with van der Waals surface area (Å²) in [6.45, 7) is 0. The molecule has 0 fully saturated rings. The molecule has 47 heavy (non-hydrogen) atoms. The number of nitrogens with zero attached hydrogens (tertiary/aromatic N) is 2. The molecule has 0 atom stereocenters. The molecule has 0 saturated heterocycles. The van der Waals surface area contributed by atoms with Gasteiger partial charge in [0.1, 0.15) is 22.0 Å². The van der Waals surface area contributed by atoms with Gasteiger partial charge in [-0.25, -0.2) is 0 Å². The van der Waals surface area contributed by atoms with E-state index in [0.717, 1.165) is 32.4 Å². The van der Waals surface area contributed by atoms with E-state index in [-0.39, 0.29) is 43.6 Å². The first-order valence-corrected chi connectivity index (χ1v) is 17.8. The van der Waals surface area contributed by atoms with Crippen LogP contribution in [0.4, 0.5) is 17.1 Å². The molecule has 0 aromatic heterocycles. The fourth-order valence-corrected chi connectivity index (χ4v) is 7.17. The lowest BCUT2D eigenvalue weighted by molar-refractivity contribution is 0.102. The van der Waals surface area contributed by atoms with E-state index in [9.17, 15) is 39.7 Å². The van der Waals surface area contributed by atoms with Crippen molar-refractivity contribution < 1.29 is 48.1 Å². The van der Waals surface area contributed by atoms with E-state index in [1.165, 1.54) is 24.3 Å². The number of anilines is 1. The van der Waals surface area contributed by atoms with Crippen molar-refractivity contribution in [3.8, 4) is 5.75 Å². The van der Waals surface area contributed by atoms with Gasteiger partial charge in [0.05, 0.1) is 24.8 Å². The summed E-state index contributed by atoms with van der Waals surface area (Å²) in [7, 11) is -11.7. The summed E-state index contributed by atoms with van der Waals surface area (Å²) >= 11 is 0. The van der Waals surface area contributed by atoms with E-state index in [2.05, 4.69) is 19.7 Å². The smallest absolute Gasteiger partial charge is 0.299 e. The summed E-state index contributed by atoms with van der Waals surface area (Å²) < 4.78 is 94.4. The minimum atomic E-state index is -4.78. The number of nitrogens with one attached hydrogen (secondary N) is 1. The summed E-state index contributed by atoms with van der Waals surface area (Å²) in [4.78, 5) is 12.3. The van der Waals surface area contributed by atoms with Crippen LogP contribution in [0.15, 0.2) is 105 Å². The minimum Gasteiger partial charge on any atom is -0.505 e. The van der Waals surface area contributed by atoms with Gasteiger partial charge >= 0.3 is 0 Å². The molecule has 5 aromatic rings. The van der Waals surface area contributed by atoms with Crippen molar-refractivity contribution in [2.45, 2.75) is 15.5 Å². The summed E-state index contributed by atoms with van der Waals surface area (Å²) in [5.74, 6) is -2.57. The van der Waals surface area contributed by atoms with E-state index in [1.54, 1.807) is 42.5 Å². The van der Waals surface area contributed by atoms with Crippen LogP contribution in [0.25, 0.3) is 21.5 Å². The minimum absolute atomic E-state index is 0.0880. The van der Waals surface area contributed by atoms with Crippen molar-refractivity contribution in [2.75, 3.05) is 19.5 Å². The fourth-order valence-electron chi connectivity index (χ4n) is 4.84. The molecule has 5 rings (SSSR count). The van der Waals surface area contributed by atoms with Gasteiger partial charge in [-0.1, -0.05) is 48.5 Å². The van der Waals surface area contributed by atoms with Crippen molar-refractivity contribution in [3.05, 3.63) is 96.1 Å². The van der Waals surface area contributed by atoms with Gasteiger partial charge in [0.2, 0.25) is 0 Å². The number of carbonyl (C=O) groups is 1. The maximum Gasteiger partial charge on any atom is 0.299 e. The van der Waals surface area contributed by atoms with Crippen molar-refractivity contribution in [1.29, 1.82) is 0 Å². The Morgan fingerprint density at radius 1 is 0.787 bits per heavy atom. The molecular weight excluding hydrogens is 675 g/mol. The van der Waals surface area contributed by atoms with Gasteiger partial charge in [-0.3, -0.25) is 17.7 Å². The maximum atomic E-state index is 13.1. The van der Waals surface area contributed by atoms with Crippen LogP contribution in [0.1, 0.15) is 15.9 Å². The van der Waals surface area contributed by atoms with Crippen molar-refractivity contribution in [2.24, 2.45) is 10.2 Å². The number of hydrogen-bond acceptors (Lipinski definition) is 12. The van der Waals surface area contributed by atoms with Gasteiger partial charge < -0.3 is 10.4 Å². The van der Waals surface area contributed by atoms with E-state index >= 15 is 0 Å². The predicted molar refractivity (Wildman–Crippen MR) is 172 cm³/mol. The summed E-state index contributed by atoms with van der Waals surface area (Å²) in [6.07, 6.45) is 0. The third-order valence-electron chi connectivity index (χ3n) is 6.95. The monoisotopic (exact) mass is 699 g/mol. The lowest BCUT2D eigenvalue weighted by Gasteiger charge is -2.16. The Bertz CT molecular complexity index is 2410. The van der Waals surface area contributed by atoms with Crippen LogP contribution in [0.5, 0.6) is 5.75 Å². The zero-order valence-corrected chi connectivity index (χ0v) is 26.9. The van der Waals surface area contributed by atoms with Crippen LogP contribution in [0.3, 0.4) is 0 Å². The largest absolute Gasteiger partial charge is 0.505 e. The van der Waals surface area contributed by atoms with Crippen LogP contribution >= 0.6 is 0 Å². The number of rotatable bonds is 10. The first-order valence-electron chi connectivity index (χ1n) is 13.3. The first kappa shape index (κ1) is 33.6. The molecule has 0 aliphatic carbocycles. The highest BCUT2D eigenvalue weighted by Crippen LogP contribution is 2.45. The zero-order chi connectivity index (χ0) is 34.1. The summed E-state index contributed by atoms with van der Waals surface area (Å²) in [5, 5.41) is 22.7. The first-order chi connectivity index (χ1) is 22.1. The second-order valence-corrected chi connectivity index (χ2v) is 14.7. The van der Waals surface area contributed by atoms with Gasteiger partial charge in [-0.05, 0) is 47.2 Å². The van der Waals surface area contributed by atoms with Crippen LogP contribution in [-0.2, 0) is 44.5 Å². The van der Waals surface area contributed by atoms with Crippen LogP contribution in [-0.4, -0.2) is 55.0 Å². The van der Waals surface area contributed by atoms with Gasteiger partial charge in [0.15, 0.2) is 5.75 Å². The van der Waals surface area contributed by atoms with E-state index in [0.29, 0.717) is 5.39 Å². The molecule has 0 spiro atoms. The molecule has 17 heteroatoms. The molecule has 0 aliphatic rings. The third kappa shape index (κ3) is 6.99. The Kier molecular flexibility index (Phi) is 9.13. The molecule has 0 unspecified atom stereocenters. The van der Waals surface area contributed by atoms with Crippen LogP contribution in [0, 0.1) is 0 Å².